The second-order valence-corrected chi connectivity index (χ2v) is 7.38. The molecular formula is C16H26N2O4. The summed E-state index contributed by atoms with van der Waals surface area (Å²) in [6, 6.07) is 0. The minimum Gasteiger partial charge on any atom is -0.448 e. The molecule has 2 heterocycles. The lowest BCUT2D eigenvalue weighted by atomic mass is 9.66. The number of carbonyl (C=O) groups is 2. The molecule has 6 nitrogen and oxygen atoms in total. The van der Waals surface area contributed by atoms with Crippen molar-refractivity contribution in [3.8, 4) is 0 Å². The molecule has 0 aromatic carbocycles. The number of morpholine rings is 1. The van der Waals surface area contributed by atoms with E-state index in [0.29, 0.717) is 13.0 Å². The standard InChI is InChI=1S/C16H26N2O4/c1-14(2)15(3)4-5-16(14,22-13(15)20)12(19)17-6-7-18-8-10-21-11-9-18/h4-11H2,1-3H3,(H,17,19). The number of esters is 1. The molecule has 22 heavy (non-hydrogen) atoms. The van der Waals surface area contributed by atoms with Crippen LogP contribution in [0, 0.1) is 10.8 Å². The van der Waals surface area contributed by atoms with Crippen molar-refractivity contribution in [3.63, 3.8) is 0 Å². The smallest absolute Gasteiger partial charge is 0.313 e. The summed E-state index contributed by atoms with van der Waals surface area (Å²) in [5.74, 6) is -0.368. The molecule has 6 heteroatoms. The van der Waals surface area contributed by atoms with Crippen molar-refractivity contribution >= 4 is 11.9 Å². The van der Waals surface area contributed by atoms with Gasteiger partial charge in [-0.25, -0.2) is 0 Å². The molecule has 1 saturated carbocycles. The normalized spacial score (nSPS) is 37.1. The van der Waals surface area contributed by atoms with Crippen molar-refractivity contribution in [2.75, 3.05) is 39.4 Å². The quantitative estimate of drug-likeness (QED) is 0.768. The van der Waals surface area contributed by atoms with E-state index >= 15 is 0 Å². The number of rotatable bonds is 4. The largest absolute Gasteiger partial charge is 0.448 e. The van der Waals surface area contributed by atoms with Gasteiger partial charge in [-0.05, 0) is 19.8 Å². The van der Waals surface area contributed by atoms with Crippen LogP contribution in [0.3, 0.4) is 0 Å². The Kier molecular flexibility index (Phi) is 3.72. The molecule has 0 aromatic rings. The van der Waals surface area contributed by atoms with Gasteiger partial charge in [0.1, 0.15) is 0 Å². The third kappa shape index (κ3) is 2.00. The molecule has 2 aliphatic heterocycles. The van der Waals surface area contributed by atoms with Gasteiger partial charge in [-0.3, -0.25) is 14.5 Å². The van der Waals surface area contributed by atoms with Crippen molar-refractivity contribution in [1.82, 2.24) is 10.2 Å². The van der Waals surface area contributed by atoms with Crippen molar-refractivity contribution in [1.29, 1.82) is 0 Å². The van der Waals surface area contributed by atoms with Gasteiger partial charge in [0, 0.05) is 31.6 Å². The lowest BCUT2D eigenvalue weighted by Crippen LogP contribution is -2.54. The molecular weight excluding hydrogens is 284 g/mol. The molecule has 1 amide bonds. The zero-order valence-electron chi connectivity index (χ0n) is 13.7. The Bertz CT molecular complexity index is 487. The first kappa shape index (κ1) is 15.7. The summed E-state index contributed by atoms with van der Waals surface area (Å²) in [4.78, 5) is 27.2. The maximum Gasteiger partial charge on any atom is 0.313 e. The van der Waals surface area contributed by atoms with Gasteiger partial charge in [0.05, 0.1) is 18.6 Å². The van der Waals surface area contributed by atoms with Crippen molar-refractivity contribution in [2.45, 2.75) is 39.2 Å². The van der Waals surface area contributed by atoms with Gasteiger partial charge in [-0.1, -0.05) is 13.8 Å². The number of nitrogens with one attached hydrogen (secondary N) is 1. The van der Waals surface area contributed by atoms with Crippen LogP contribution < -0.4 is 5.32 Å². The maximum absolute atomic E-state index is 12.7. The van der Waals surface area contributed by atoms with Crippen molar-refractivity contribution < 1.29 is 19.1 Å². The van der Waals surface area contributed by atoms with E-state index in [-0.39, 0.29) is 11.9 Å². The Morgan fingerprint density at radius 3 is 2.45 bits per heavy atom. The van der Waals surface area contributed by atoms with E-state index in [4.69, 9.17) is 9.47 Å². The Hall–Kier alpha value is -1.14. The lowest BCUT2D eigenvalue weighted by molar-refractivity contribution is -0.168. The van der Waals surface area contributed by atoms with E-state index in [0.717, 1.165) is 39.3 Å². The van der Waals surface area contributed by atoms with Crippen LogP contribution in [-0.4, -0.2) is 61.8 Å². The van der Waals surface area contributed by atoms with Crippen LogP contribution in [0.2, 0.25) is 0 Å². The molecule has 0 radical (unpaired) electrons. The molecule has 3 rings (SSSR count). The third-order valence-electron chi connectivity index (χ3n) is 6.27. The minimum atomic E-state index is -0.996. The van der Waals surface area contributed by atoms with Gasteiger partial charge < -0.3 is 14.8 Å². The Balaban J connectivity index is 1.61. The summed E-state index contributed by atoms with van der Waals surface area (Å²) in [5, 5.41) is 2.99. The predicted molar refractivity (Wildman–Crippen MR) is 80.2 cm³/mol. The van der Waals surface area contributed by atoms with Gasteiger partial charge in [-0.15, -0.1) is 0 Å². The lowest BCUT2D eigenvalue weighted by Gasteiger charge is -2.35. The molecule has 2 bridgehead atoms. The monoisotopic (exact) mass is 310 g/mol. The van der Waals surface area contributed by atoms with Crippen LogP contribution in [0.15, 0.2) is 0 Å². The van der Waals surface area contributed by atoms with Crippen molar-refractivity contribution in [2.24, 2.45) is 10.8 Å². The van der Waals surface area contributed by atoms with E-state index in [1.165, 1.54) is 0 Å². The van der Waals surface area contributed by atoms with Crippen LogP contribution in [0.4, 0.5) is 0 Å². The number of amides is 1. The predicted octanol–water partition coefficient (Wildman–Crippen LogP) is 0.557. The van der Waals surface area contributed by atoms with Gasteiger partial charge in [0.25, 0.3) is 5.91 Å². The maximum atomic E-state index is 12.7. The topological polar surface area (TPSA) is 67.9 Å². The van der Waals surface area contributed by atoms with Gasteiger partial charge in [0.2, 0.25) is 0 Å². The first-order chi connectivity index (χ1) is 10.3. The summed E-state index contributed by atoms with van der Waals surface area (Å²) in [5.41, 5.74) is -2.02. The van der Waals surface area contributed by atoms with E-state index in [1.807, 2.05) is 20.8 Å². The summed E-state index contributed by atoms with van der Waals surface area (Å²) < 4.78 is 10.9. The first-order valence-corrected chi connectivity index (χ1v) is 8.15. The number of fused-ring (bicyclic) bond motifs is 2. The van der Waals surface area contributed by atoms with Gasteiger partial charge in [-0.2, -0.15) is 0 Å². The molecule has 1 N–H and O–H groups in total. The Morgan fingerprint density at radius 1 is 1.23 bits per heavy atom. The second-order valence-electron chi connectivity index (χ2n) is 7.38. The highest BCUT2D eigenvalue weighted by Crippen LogP contribution is 2.65. The van der Waals surface area contributed by atoms with Crippen LogP contribution >= 0.6 is 0 Å². The molecule has 3 fully saturated rings. The minimum absolute atomic E-state index is 0.139. The number of hydrogen-bond donors (Lipinski definition) is 1. The van der Waals surface area contributed by atoms with E-state index in [9.17, 15) is 9.59 Å². The first-order valence-electron chi connectivity index (χ1n) is 8.15. The van der Waals surface area contributed by atoms with E-state index in [1.54, 1.807) is 0 Å². The van der Waals surface area contributed by atoms with Gasteiger partial charge in [0.15, 0.2) is 5.60 Å². The fourth-order valence-electron chi connectivity index (χ4n) is 4.04. The molecule has 0 aromatic heterocycles. The number of carbonyl (C=O) groups excluding carboxylic acids is 2. The second kappa shape index (κ2) is 5.20. The van der Waals surface area contributed by atoms with Crippen LogP contribution in [0.25, 0.3) is 0 Å². The fraction of sp³-hybridized carbons (Fsp3) is 0.875. The highest BCUT2D eigenvalue weighted by Gasteiger charge is 2.75. The summed E-state index contributed by atoms with van der Waals surface area (Å²) in [6.45, 7) is 10.6. The highest BCUT2D eigenvalue weighted by atomic mass is 16.6. The molecule has 2 atom stereocenters. The van der Waals surface area contributed by atoms with E-state index < -0.39 is 16.4 Å². The summed E-state index contributed by atoms with van der Waals surface area (Å²) in [7, 11) is 0. The molecule has 1 aliphatic carbocycles. The van der Waals surface area contributed by atoms with Crippen LogP contribution in [0.1, 0.15) is 33.6 Å². The summed E-state index contributed by atoms with van der Waals surface area (Å²) in [6.07, 6.45) is 1.33. The zero-order chi connectivity index (χ0) is 16.0. The average molecular weight is 310 g/mol. The van der Waals surface area contributed by atoms with Gasteiger partial charge >= 0.3 is 5.97 Å². The Labute approximate surface area is 131 Å². The number of hydrogen-bond acceptors (Lipinski definition) is 5. The highest BCUT2D eigenvalue weighted by molar-refractivity contribution is 5.96. The zero-order valence-corrected chi connectivity index (χ0v) is 13.7. The van der Waals surface area contributed by atoms with E-state index in [2.05, 4.69) is 10.2 Å². The molecule has 124 valence electrons. The summed E-state index contributed by atoms with van der Waals surface area (Å²) >= 11 is 0. The van der Waals surface area contributed by atoms with Crippen LogP contribution in [-0.2, 0) is 19.1 Å². The third-order valence-corrected chi connectivity index (χ3v) is 6.27. The average Bonchev–Trinajstić information content (AvgIpc) is 2.78. The molecule has 2 unspecified atom stereocenters. The molecule has 2 saturated heterocycles. The molecule has 3 aliphatic rings. The Morgan fingerprint density at radius 2 is 1.91 bits per heavy atom. The fourth-order valence-corrected chi connectivity index (χ4v) is 4.04. The molecule has 0 spiro atoms. The SMILES string of the molecule is CC12CCC(C(=O)NCCN3CCOCC3)(OC1=O)C2(C)C. The van der Waals surface area contributed by atoms with Crippen LogP contribution in [0.5, 0.6) is 0 Å². The van der Waals surface area contributed by atoms with Crippen molar-refractivity contribution in [3.05, 3.63) is 0 Å². The number of nitrogens with zero attached hydrogens (tertiary/aromatic N) is 1. The number of ether oxygens (including phenoxy) is 2.